The molecule has 0 saturated heterocycles. The van der Waals surface area contributed by atoms with Crippen LogP contribution in [0.15, 0.2) is 0 Å². The molecular weight excluding hydrogens is 494 g/mol. The van der Waals surface area contributed by atoms with Crippen molar-refractivity contribution in [3.05, 3.63) is 0 Å². The van der Waals surface area contributed by atoms with Crippen molar-refractivity contribution in [3.63, 3.8) is 0 Å². The summed E-state index contributed by atoms with van der Waals surface area (Å²) in [4.78, 5) is 32.8. The van der Waals surface area contributed by atoms with Crippen LogP contribution in [0.3, 0.4) is 0 Å². The number of hydrogen-bond acceptors (Lipinski definition) is 4. The van der Waals surface area contributed by atoms with Gasteiger partial charge in [0.05, 0.1) is 26.2 Å². The summed E-state index contributed by atoms with van der Waals surface area (Å²) in [6.45, 7) is 5.89. The minimum atomic E-state index is -1.02. The second kappa shape index (κ2) is 26.6. The van der Waals surface area contributed by atoms with Gasteiger partial charge in [0, 0.05) is 18.8 Å². The van der Waals surface area contributed by atoms with Crippen LogP contribution in [0.5, 0.6) is 0 Å². The van der Waals surface area contributed by atoms with Crippen LogP contribution in [0.25, 0.3) is 0 Å². The molecule has 0 aliphatic rings. The fraction of sp³-hybridized carbons (Fsp3) is 0.906. The summed E-state index contributed by atoms with van der Waals surface area (Å²) in [5.41, 5.74) is 0. The van der Waals surface area contributed by atoms with E-state index in [9.17, 15) is 19.5 Å². The molecule has 0 fully saturated rings. The SMILES string of the molecule is CCCCCCCCCCCCCCCCC[N+](CCCCC(=O)[O-])(CCCCC(=O)O)CCCCC(=O)O. The average molecular weight is 556 g/mol. The van der Waals surface area contributed by atoms with Gasteiger partial charge in [-0.3, -0.25) is 9.59 Å². The zero-order valence-corrected chi connectivity index (χ0v) is 25.3. The fourth-order valence-electron chi connectivity index (χ4n) is 5.65. The Morgan fingerprint density at radius 1 is 0.462 bits per heavy atom. The van der Waals surface area contributed by atoms with Crippen LogP contribution in [-0.2, 0) is 14.4 Å². The third-order valence-electron chi connectivity index (χ3n) is 8.05. The van der Waals surface area contributed by atoms with E-state index < -0.39 is 17.9 Å². The molecule has 0 saturated carbocycles. The molecule has 2 N–H and O–H groups in total. The van der Waals surface area contributed by atoms with Crippen molar-refractivity contribution in [1.82, 2.24) is 0 Å². The first-order valence-corrected chi connectivity index (χ1v) is 16.3. The molecule has 0 aromatic heterocycles. The highest BCUT2D eigenvalue weighted by molar-refractivity contribution is 5.66. The van der Waals surface area contributed by atoms with Gasteiger partial charge in [-0.15, -0.1) is 0 Å². The molecule has 230 valence electrons. The number of carbonyl (C=O) groups excluding carboxylic acids is 1. The van der Waals surface area contributed by atoms with E-state index in [4.69, 9.17) is 10.2 Å². The van der Waals surface area contributed by atoms with Gasteiger partial charge in [-0.05, 0) is 57.8 Å². The van der Waals surface area contributed by atoms with Gasteiger partial charge in [0.2, 0.25) is 0 Å². The molecule has 0 radical (unpaired) electrons. The Morgan fingerprint density at radius 2 is 0.744 bits per heavy atom. The summed E-state index contributed by atoms with van der Waals surface area (Å²) in [7, 11) is 0. The number of unbranched alkanes of at least 4 members (excludes halogenated alkanes) is 17. The van der Waals surface area contributed by atoms with Crippen molar-refractivity contribution in [1.29, 1.82) is 0 Å². The van der Waals surface area contributed by atoms with Gasteiger partial charge in [0.25, 0.3) is 0 Å². The van der Waals surface area contributed by atoms with E-state index >= 15 is 0 Å². The van der Waals surface area contributed by atoms with Crippen LogP contribution < -0.4 is 5.11 Å². The van der Waals surface area contributed by atoms with Crippen LogP contribution in [0.1, 0.15) is 161 Å². The maximum absolute atomic E-state index is 11.0. The zero-order valence-electron chi connectivity index (χ0n) is 25.3. The molecule has 0 spiro atoms. The summed E-state index contributed by atoms with van der Waals surface area (Å²) in [5, 5.41) is 28.9. The number of aliphatic carboxylic acids is 3. The number of nitrogens with zero attached hydrogens (tertiary/aromatic N) is 1. The molecular formula is C32H61NO6. The largest absolute Gasteiger partial charge is 0.550 e. The van der Waals surface area contributed by atoms with E-state index in [1.54, 1.807) is 0 Å². The molecule has 0 amide bonds. The molecule has 7 heteroatoms. The summed E-state index contributed by atoms with van der Waals surface area (Å²) in [6.07, 6.45) is 24.6. The Hall–Kier alpha value is -1.63. The first-order valence-electron chi connectivity index (χ1n) is 16.3. The van der Waals surface area contributed by atoms with E-state index in [1.165, 1.54) is 89.9 Å². The first-order chi connectivity index (χ1) is 18.8. The second-order valence-electron chi connectivity index (χ2n) is 11.7. The predicted octanol–water partition coefficient (Wildman–Crippen LogP) is 7.10. The Bertz CT molecular complexity index is 554. The molecule has 39 heavy (non-hydrogen) atoms. The van der Waals surface area contributed by atoms with E-state index in [-0.39, 0.29) is 19.3 Å². The highest BCUT2D eigenvalue weighted by atomic mass is 16.4. The molecule has 0 heterocycles. The monoisotopic (exact) mass is 555 g/mol. The number of quaternary nitrogens is 1. The molecule has 7 nitrogen and oxygen atoms in total. The molecule has 0 rings (SSSR count). The lowest BCUT2D eigenvalue weighted by molar-refractivity contribution is -0.929. The second-order valence-corrected chi connectivity index (χ2v) is 11.7. The summed E-state index contributed by atoms with van der Waals surface area (Å²) in [5.74, 6) is -2.56. The first kappa shape index (κ1) is 37.4. The van der Waals surface area contributed by atoms with Crippen LogP contribution in [0, 0.1) is 0 Å². The third-order valence-corrected chi connectivity index (χ3v) is 8.05. The molecule has 0 aliphatic heterocycles. The highest BCUT2D eigenvalue weighted by Crippen LogP contribution is 2.20. The quantitative estimate of drug-likeness (QED) is 0.0696. The zero-order chi connectivity index (χ0) is 29.0. The number of carbonyl (C=O) groups is 3. The van der Waals surface area contributed by atoms with Gasteiger partial charge in [0.1, 0.15) is 0 Å². The Morgan fingerprint density at radius 3 is 1.05 bits per heavy atom. The van der Waals surface area contributed by atoms with Gasteiger partial charge in [-0.25, -0.2) is 0 Å². The van der Waals surface area contributed by atoms with Crippen LogP contribution in [0.2, 0.25) is 0 Å². The topological polar surface area (TPSA) is 115 Å². The van der Waals surface area contributed by atoms with Gasteiger partial charge < -0.3 is 24.6 Å². The van der Waals surface area contributed by atoms with Gasteiger partial charge >= 0.3 is 11.9 Å². The van der Waals surface area contributed by atoms with Gasteiger partial charge in [-0.1, -0.05) is 90.4 Å². The van der Waals surface area contributed by atoms with Crippen molar-refractivity contribution in [2.24, 2.45) is 0 Å². The smallest absolute Gasteiger partial charge is 0.303 e. The van der Waals surface area contributed by atoms with Gasteiger partial charge in [0.15, 0.2) is 0 Å². The van der Waals surface area contributed by atoms with Crippen LogP contribution in [0.4, 0.5) is 0 Å². The van der Waals surface area contributed by atoms with E-state index in [0.29, 0.717) is 19.3 Å². The lowest BCUT2D eigenvalue weighted by atomic mass is 10.0. The predicted molar refractivity (Wildman–Crippen MR) is 156 cm³/mol. The van der Waals surface area contributed by atoms with Crippen LogP contribution in [-0.4, -0.2) is 58.8 Å². The number of carboxylic acids is 3. The van der Waals surface area contributed by atoms with E-state index in [2.05, 4.69) is 6.92 Å². The van der Waals surface area contributed by atoms with Crippen molar-refractivity contribution < 1.29 is 34.2 Å². The Kier molecular flexibility index (Phi) is 25.5. The summed E-state index contributed by atoms with van der Waals surface area (Å²) < 4.78 is 0.852. The molecule has 0 atom stereocenters. The Labute approximate surface area is 239 Å². The van der Waals surface area contributed by atoms with Crippen molar-refractivity contribution in [2.75, 3.05) is 26.2 Å². The average Bonchev–Trinajstić information content (AvgIpc) is 2.89. The van der Waals surface area contributed by atoms with Gasteiger partial charge in [-0.2, -0.15) is 0 Å². The van der Waals surface area contributed by atoms with Crippen molar-refractivity contribution in [3.8, 4) is 0 Å². The minimum absolute atomic E-state index is 0.0665. The van der Waals surface area contributed by atoms with E-state index in [0.717, 1.165) is 56.3 Å². The molecule has 0 aromatic carbocycles. The van der Waals surface area contributed by atoms with Crippen molar-refractivity contribution >= 4 is 17.9 Å². The van der Waals surface area contributed by atoms with Crippen molar-refractivity contribution in [2.45, 2.75) is 161 Å². The number of hydrogen-bond donors (Lipinski definition) is 2. The number of carboxylic acid groups (broad SMARTS) is 3. The molecule has 0 unspecified atom stereocenters. The molecule has 0 aromatic rings. The fourth-order valence-corrected chi connectivity index (χ4v) is 5.65. The Balaban J connectivity index is 4.44. The maximum atomic E-state index is 11.0. The molecule has 0 bridgehead atoms. The third kappa shape index (κ3) is 26.4. The number of rotatable bonds is 31. The normalized spacial score (nSPS) is 11.6. The minimum Gasteiger partial charge on any atom is -0.550 e. The lowest BCUT2D eigenvalue weighted by Crippen LogP contribution is -2.51. The van der Waals surface area contributed by atoms with Crippen LogP contribution >= 0.6 is 0 Å². The summed E-state index contributed by atoms with van der Waals surface area (Å²) >= 11 is 0. The maximum Gasteiger partial charge on any atom is 0.303 e. The highest BCUT2D eigenvalue weighted by Gasteiger charge is 2.26. The standard InChI is InChI=1S/C32H61NO6/c1-2-3-4-5-6-7-8-9-10-11-12-13-14-15-19-26-33(27-20-16-23-30(34)35,28-21-17-24-31(36)37)29-22-18-25-32(38)39/h2-29H2,1H3,(H2-,34,35,36,37,38,39). The lowest BCUT2D eigenvalue weighted by Gasteiger charge is -2.39. The summed E-state index contributed by atoms with van der Waals surface area (Å²) in [6, 6.07) is 0. The molecule has 0 aliphatic carbocycles. The van der Waals surface area contributed by atoms with E-state index in [1.807, 2.05) is 0 Å².